The highest BCUT2D eigenvalue weighted by molar-refractivity contribution is 5.58. The Bertz CT molecular complexity index is 183. The lowest BCUT2D eigenvalue weighted by molar-refractivity contribution is -0.870. The molecule has 8 heteroatoms. The summed E-state index contributed by atoms with van der Waals surface area (Å²) in [7, 11) is 12.3. The Morgan fingerprint density at radius 3 is 1.11 bits per heavy atom. The number of likely N-dealkylation sites (N-methyl/N-ethyl adjacent to an activating group) is 2. The fraction of sp³-hybridized carbons (Fsp3) is 0.909. The van der Waals surface area contributed by atoms with Crippen molar-refractivity contribution in [3.05, 3.63) is 0 Å². The van der Waals surface area contributed by atoms with Gasteiger partial charge in [-0.3, -0.25) is 0 Å². The van der Waals surface area contributed by atoms with Gasteiger partial charge >= 0.3 is 0 Å². The van der Waals surface area contributed by atoms with E-state index in [1.54, 1.807) is 0 Å². The molecule has 1 amide bonds. The highest BCUT2D eigenvalue weighted by Gasteiger charge is 2.02. The van der Waals surface area contributed by atoms with Crippen LogP contribution in [0.25, 0.3) is 0 Å². The lowest BCUT2D eigenvalue weighted by Crippen LogP contribution is -3.00. The SMILES string of the molecule is C[N+](C)(C)CCO.C[N+](C)(C)CCO.NC(=O)[O-].[Cl-]. The molecule has 0 aromatic heterocycles. The third kappa shape index (κ3) is 75.4. The zero-order valence-corrected chi connectivity index (χ0v) is 13.6. The number of aliphatic hydroxyl groups is 2. The van der Waals surface area contributed by atoms with Gasteiger partial charge < -0.3 is 47.2 Å². The van der Waals surface area contributed by atoms with E-state index in [1.807, 2.05) is 0 Å². The summed E-state index contributed by atoms with van der Waals surface area (Å²) in [6, 6.07) is 0. The van der Waals surface area contributed by atoms with Crippen molar-refractivity contribution < 1.29 is 41.5 Å². The van der Waals surface area contributed by atoms with Gasteiger partial charge in [-0.2, -0.15) is 0 Å². The third-order valence-corrected chi connectivity index (χ3v) is 1.54. The van der Waals surface area contributed by atoms with Crippen molar-refractivity contribution >= 4 is 6.09 Å². The normalized spacial score (nSPS) is 10.1. The summed E-state index contributed by atoms with van der Waals surface area (Å²) in [4.78, 5) is 8.67. The summed E-state index contributed by atoms with van der Waals surface area (Å²) in [6.07, 6.45) is -1.58. The van der Waals surface area contributed by atoms with E-state index in [9.17, 15) is 0 Å². The number of aliphatic hydroxyl groups excluding tert-OH is 2. The number of carbonyl (C=O) groups is 1. The van der Waals surface area contributed by atoms with Gasteiger partial charge in [-0.15, -0.1) is 0 Å². The van der Waals surface area contributed by atoms with E-state index in [0.29, 0.717) is 0 Å². The van der Waals surface area contributed by atoms with E-state index in [-0.39, 0.29) is 25.6 Å². The smallest absolute Gasteiger partial charge is 0.131 e. The van der Waals surface area contributed by atoms with E-state index in [0.717, 1.165) is 22.1 Å². The second kappa shape index (κ2) is 13.8. The van der Waals surface area contributed by atoms with Crippen LogP contribution in [0.3, 0.4) is 0 Å². The number of rotatable bonds is 4. The minimum Gasteiger partial charge on any atom is -1.00 e. The first-order valence-electron chi connectivity index (χ1n) is 5.65. The number of hydrogen-bond acceptors (Lipinski definition) is 4. The third-order valence-electron chi connectivity index (χ3n) is 1.54. The average Bonchev–Trinajstić information content (AvgIpc) is 1.97. The van der Waals surface area contributed by atoms with Gasteiger partial charge in [0.2, 0.25) is 0 Å². The number of nitrogens with two attached hydrogens (primary N) is 1. The van der Waals surface area contributed by atoms with Crippen LogP contribution in [-0.2, 0) is 0 Å². The van der Waals surface area contributed by atoms with Crippen LogP contribution in [0.5, 0.6) is 0 Å². The quantitative estimate of drug-likeness (QED) is 0.451. The first-order valence-corrected chi connectivity index (χ1v) is 5.65. The van der Waals surface area contributed by atoms with Crippen LogP contribution < -0.4 is 23.2 Å². The molecule has 0 heterocycles. The molecule has 0 saturated heterocycles. The van der Waals surface area contributed by atoms with Crippen LogP contribution in [-0.4, -0.2) is 93.9 Å². The van der Waals surface area contributed by atoms with Gasteiger partial charge in [0.05, 0.1) is 55.5 Å². The minimum absolute atomic E-state index is 0. The second-order valence-electron chi connectivity index (χ2n) is 5.79. The molecule has 0 radical (unpaired) electrons. The molecule has 0 aliphatic heterocycles. The number of carbonyl (C=O) groups excluding carboxylic acids is 1. The van der Waals surface area contributed by atoms with Gasteiger partial charge in [0.1, 0.15) is 19.2 Å². The van der Waals surface area contributed by atoms with Crippen LogP contribution >= 0.6 is 0 Å². The van der Waals surface area contributed by atoms with E-state index in [1.165, 1.54) is 0 Å². The molecule has 0 unspecified atom stereocenters. The number of quaternary nitrogens is 2. The van der Waals surface area contributed by atoms with Gasteiger partial charge in [-0.25, -0.2) is 0 Å². The number of primary amides is 1. The summed E-state index contributed by atoms with van der Waals surface area (Å²) in [5.74, 6) is 0. The first-order chi connectivity index (χ1) is 7.85. The molecule has 0 fully saturated rings. The number of hydrogen-bond donors (Lipinski definition) is 3. The summed E-state index contributed by atoms with van der Waals surface area (Å²) in [5.41, 5.74) is 3.92. The molecule has 0 aliphatic rings. The Balaban J connectivity index is -0.0000000900. The zero-order chi connectivity index (χ0) is 15.4. The molecule has 0 bridgehead atoms. The average molecular weight is 304 g/mol. The van der Waals surface area contributed by atoms with Gasteiger partial charge in [0, 0.05) is 0 Å². The standard InChI is InChI=1S/2C5H14NO.CH3NO2.ClH/c2*1-6(2,3)4-5-7;2-1(3)4;/h2*7H,4-5H2,1-3H3;2H2,(H,3,4);1H/q2*+1;;/p-2. The van der Waals surface area contributed by atoms with E-state index in [2.05, 4.69) is 48.0 Å². The lowest BCUT2D eigenvalue weighted by Gasteiger charge is -2.21. The molecule has 0 aromatic carbocycles. The molecule has 19 heavy (non-hydrogen) atoms. The Morgan fingerprint density at radius 1 is 0.947 bits per heavy atom. The van der Waals surface area contributed by atoms with Crippen molar-refractivity contribution in [1.82, 2.24) is 0 Å². The number of carboxylic acid groups (broad SMARTS) is 1. The number of nitrogens with zero attached hydrogens (tertiary/aromatic N) is 2. The minimum atomic E-state index is -1.58. The van der Waals surface area contributed by atoms with Crippen LogP contribution in [0, 0.1) is 0 Å². The largest absolute Gasteiger partial charge is 1.00 e. The molecule has 0 atom stereocenters. The molecule has 0 aromatic rings. The molecule has 120 valence electrons. The van der Waals surface area contributed by atoms with Crippen molar-refractivity contribution in [3.8, 4) is 0 Å². The number of amides is 1. The Morgan fingerprint density at radius 2 is 1.11 bits per heavy atom. The fourth-order valence-electron chi connectivity index (χ4n) is 0.600. The Kier molecular flexibility index (Phi) is 19.5. The van der Waals surface area contributed by atoms with Crippen LogP contribution in [0.4, 0.5) is 4.79 Å². The van der Waals surface area contributed by atoms with Crippen LogP contribution in [0.2, 0.25) is 0 Å². The van der Waals surface area contributed by atoms with Crippen molar-refractivity contribution in [2.45, 2.75) is 0 Å². The van der Waals surface area contributed by atoms with Crippen LogP contribution in [0.15, 0.2) is 0 Å². The molecule has 0 saturated carbocycles. The molecule has 0 aliphatic carbocycles. The summed E-state index contributed by atoms with van der Waals surface area (Å²) in [5, 5.41) is 25.4. The van der Waals surface area contributed by atoms with Crippen molar-refractivity contribution in [1.29, 1.82) is 0 Å². The fourth-order valence-corrected chi connectivity index (χ4v) is 0.600. The second-order valence-corrected chi connectivity index (χ2v) is 5.79. The monoisotopic (exact) mass is 303 g/mol. The van der Waals surface area contributed by atoms with Gasteiger partial charge in [0.25, 0.3) is 0 Å². The zero-order valence-electron chi connectivity index (χ0n) is 12.9. The molecular weight excluding hydrogens is 274 g/mol. The molecule has 7 nitrogen and oxygen atoms in total. The molecule has 0 spiro atoms. The molecule has 0 rings (SSSR count). The van der Waals surface area contributed by atoms with Crippen molar-refractivity contribution in [3.63, 3.8) is 0 Å². The van der Waals surface area contributed by atoms with Crippen molar-refractivity contribution in [2.75, 3.05) is 68.6 Å². The maximum absolute atomic E-state index is 8.67. The summed E-state index contributed by atoms with van der Waals surface area (Å²) >= 11 is 0. The summed E-state index contributed by atoms with van der Waals surface area (Å²) in [6.45, 7) is 2.23. The molecular formula is C11H30ClN3O4. The van der Waals surface area contributed by atoms with Crippen LogP contribution in [0.1, 0.15) is 0 Å². The Hall–Kier alpha value is -0.600. The maximum Gasteiger partial charge on any atom is 0.131 e. The Labute approximate surface area is 122 Å². The number of halogens is 1. The highest BCUT2D eigenvalue weighted by atomic mass is 35.5. The van der Waals surface area contributed by atoms with E-state index in [4.69, 9.17) is 20.1 Å². The van der Waals surface area contributed by atoms with E-state index < -0.39 is 6.09 Å². The van der Waals surface area contributed by atoms with Gasteiger partial charge in [-0.05, 0) is 0 Å². The van der Waals surface area contributed by atoms with Crippen molar-refractivity contribution in [2.24, 2.45) is 5.73 Å². The predicted molar refractivity (Wildman–Crippen MR) is 69.6 cm³/mol. The lowest BCUT2D eigenvalue weighted by atomic mass is 10.5. The maximum atomic E-state index is 8.67. The first kappa shape index (κ1) is 26.9. The summed E-state index contributed by atoms with van der Waals surface area (Å²) < 4.78 is 1.69. The molecule has 4 N–H and O–H groups in total. The topological polar surface area (TPSA) is 107 Å². The highest BCUT2D eigenvalue weighted by Crippen LogP contribution is 1.85. The predicted octanol–water partition coefficient (Wildman–Crippen LogP) is -5.34. The van der Waals surface area contributed by atoms with Gasteiger partial charge in [0.15, 0.2) is 0 Å². The van der Waals surface area contributed by atoms with Gasteiger partial charge in [-0.1, -0.05) is 0 Å². The van der Waals surface area contributed by atoms with E-state index >= 15 is 0 Å².